The summed E-state index contributed by atoms with van der Waals surface area (Å²) in [6.07, 6.45) is 4.00. The normalized spacial score (nSPS) is 12.7. The molecule has 0 amide bonds. The van der Waals surface area contributed by atoms with Gasteiger partial charge in [0.15, 0.2) is 5.78 Å². The zero-order valence-electron chi connectivity index (χ0n) is 10.9. The maximum Gasteiger partial charge on any atom is 0.152 e. The zero-order chi connectivity index (χ0) is 12.7. The van der Waals surface area contributed by atoms with Crippen LogP contribution >= 0.6 is 0 Å². The van der Waals surface area contributed by atoms with E-state index in [1.54, 1.807) is 0 Å². The monoisotopic (exact) mass is 233 g/mol. The van der Waals surface area contributed by atoms with Crippen LogP contribution < -0.4 is 5.73 Å². The van der Waals surface area contributed by atoms with Crippen LogP contribution in [-0.4, -0.2) is 11.8 Å². The summed E-state index contributed by atoms with van der Waals surface area (Å²) in [5.74, 6) is 0.240. The minimum atomic E-state index is -0.272. The number of benzene rings is 1. The van der Waals surface area contributed by atoms with Gasteiger partial charge < -0.3 is 5.73 Å². The summed E-state index contributed by atoms with van der Waals surface area (Å²) in [4.78, 5) is 11.6. The number of Topliss-reactive ketones (excluding diaryl/α,β-unsaturated/α-hetero) is 1. The van der Waals surface area contributed by atoms with E-state index in [0.717, 1.165) is 25.7 Å². The molecule has 1 atom stereocenters. The predicted molar refractivity (Wildman–Crippen MR) is 71.8 cm³/mol. The fraction of sp³-hybridized carbons (Fsp3) is 0.533. The molecule has 2 nitrogen and oxygen atoms in total. The van der Waals surface area contributed by atoms with Crippen molar-refractivity contribution in [1.82, 2.24) is 0 Å². The molecule has 0 aliphatic rings. The Labute approximate surface area is 104 Å². The third-order valence-corrected chi connectivity index (χ3v) is 3.01. The van der Waals surface area contributed by atoms with Gasteiger partial charge in [-0.25, -0.2) is 0 Å². The van der Waals surface area contributed by atoms with Crippen molar-refractivity contribution in [2.75, 3.05) is 0 Å². The summed E-state index contributed by atoms with van der Waals surface area (Å²) < 4.78 is 0. The quantitative estimate of drug-likeness (QED) is 0.736. The summed E-state index contributed by atoms with van der Waals surface area (Å²) in [7, 11) is 0. The van der Waals surface area contributed by atoms with Gasteiger partial charge in [-0.3, -0.25) is 4.79 Å². The molecule has 0 bridgehead atoms. The Balaban J connectivity index is 2.18. The van der Waals surface area contributed by atoms with E-state index >= 15 is 0 Å². The molecule has 0 aromatic heterocycles. The second kappa shape index (κ2) is 7.23. The van der Waals surface area contributed by atoms with Crippen LogP contribution in [0.1, 0.15) is 38.7 Å². The molecule has 0 aliphatic heterocycles. The molecule has 1 rings (SSSR count). The maximum absolute atomic E-state index is 11.6. The van der Waals surface area contributed by atoms with Crippen molar-refractivity contribution in [3.8, 4) is 0 Å². The van der Waals surface area contributed by atoms with Crippen LogP contribution in [0, 0.1) is 5.92 Å². The highest BCUT2D eigenvalue weighted by Gasteiger charge is 2.15. The van der Waals surface area contributed by atoms with Gasteiger partial charge in [0, 0.05) is 5.92 Å². The molecule has 2 heteroatoms. The molecule has 0 saturated carbocycles. The van der Waals surface area contributed by atoms with Crippen LogP contribution in [0.2, 0.25) is 0 Å². The van der Waals surface area contributed by atoms with Crippen molar-refractivity contribution < 1.29 is 4.79 Å². The molecule has 94 valence electrons. The van der Waals surface area contributed by atoms with Gasteiger partial charge >= 0.3 is 0 Å². The summed E-state index contributed by atoms with van der Waals surface area (Å²) in [6.45, 7) is 3.82. The molecule has 17 heavy (non-hydrogen) atoms. The largest absolute Gasteiger partial charge is 0.321 e. The fourth-order valence-corrected chi connectivity index (χ4v) is 1.91. The van der Waals surface area contributed by atoms with Gasteiger partial charge in [0.05, 0.1) is 6.04 Å². The van der Waals surface area contributed by atoms with Crippen LogP contribution in [-0.2, 0) is 11.2 Å². The van der Waals surface area contributed by atoms with Crippen molar-refractivity contribution in [1.29, 1.82) is 0 Å². The van der Waals surface area contributed by atoms with Crippen molar-refractivity contribution >= 4 is 5.78 Å². The molecule has 0 heterocycles. The number of hydrogen-bond acceptors (Lipinski definition) is 2. The molecular formula is C15H23NO. The van der Waals surface area contributed by atoms with Gasteiger partial charge in [-0.05, 0) is 24.8 Å². The molecule has 1 aromatic carbocycles. The average molecular weight is 233 g/mol. The first-order valence-corrected chi connectivity index (χ1v) is 6.44. The van der Waals surface area contributed by atoms with Crippen molar-refractivity contribution in [2.24, 2.45) is 11.7 Å². The highest BCUT2D eigenvalue weighted by Crippen LogP contribution is 2.09. The minimum absolute atomic E-state index is 0.0547. The summed E-state index contributed by atoms with van der Waals surface area (Å²) >= 11 is 0. The van der Waals surface area contributed by atoms with Gasteiger partial charge in [0.1, 0.15) is 0 Å². The Hall–Kier alpha value is -1.15. The molecule has 2 N–H and O–H groups in total. The Morgan fingerprint density at radius 3 is 2.41 bits per heavy atom. The number of carbonyl (C=O) groups excluding carboxylic acids is 1. The summed E-state index contributed by atoms with van der Waals surface area (Å²) in [6, 6.07) is 10.2. The minimum Gasteiger partial charge on any atom is -0.321 e. The molecule has 1 aromatic rings. The van der Waals surface area contributed by atoms with E-state index in [-0.39, 0.29) is 17.7 Å². The smallest absolute Gasteiger partial charge is 0.152 e. The maximum atomic E-state index is 11.6. The molecule has 0 aliphatic carbocycles. The number of hydrogen-bond donors (Lipinski definition) is 1. The van der Waals surface area contributed by atoms with Crippen molar-refractivity contribution in [3.05, 3.63) is 35.9 Å². The van der Waals surface area contributed by atoms with Gasteiger partial charge in [-0.15, -0.1) is 0 Å². The number of ketones is 1. The van der Waals surface area contributed by atoms with E-state index in [0.29, 0.717) is 0 Å². The van der Waals surface area contributed by atoms with Crippen LogP contribution in [0.4, 0.5) is 0 Å². The number of rotatable bonds is 7. The highest BCUT2D eigenvalue weighted by molar-refractivity contribution is 5.85. The molecule has 0 spiro atoms. The van der Waals surface area contributed by atoms with E-state index in [2.05, 4.69) is 24.3 Å². The molecule has 1 unspecified atom stereocenters. The van der Waals surface area contributed by atoms with E-state index in [4.69, 9.17) is 5.73 Å². The summed E-state index contributed by atoms with van der Waals surface area (Å²) in [5.41, 5.74) is 7.21. The van der Waals surface area contributed by atoms with Crippen molar-refractivity contribution in [3.63, 3.8) is 0 Å². The zero-order valence-corrected chi connectivity index (χ0v) is 10.9. The highest BCUT2D eigenvalue weighted by atomic mass is 16.1. The predicted octanol–water partition coefficient (Wildman–Crippen LogP) is 2.95. The number of unbranched alkanes of at least 4 members (excludes halogenated alkanes) is 1. The second-order valence-electron chi connectivity index (χ2n) is 4.89. The Morgan fingerprint density at radius 1 is 1.18 bits per heavy atom. The van der Waals surface area contributed by atoms with Crippen LogP contribution in [0.5, 0.6) is 0 Å². The van der Waals surface area contributed by atoms with Gasteiger partial charge in [0.25, 0.3) is 0 Å². The molecular weight excluding hydrogens is 210 g/mol. The fourth-order valence-electron chi connectivity index (χ4n) is 1.91. The first kappa shape index (κ1) is 13.9. The standard InChI is InChI=1S/C15H23NO/c1-12(2)15(17)14(16)11-7-6-10-13-8-4-3-5-9-13/h3-5,8-9,12,14H,6-7,10-11,16H2,1-2H3. The molecule has 0 radical (unpaired) electrons. The third-order valence-electron chi connectivity index (χ3n) is 3.01. The van der Waals surface area contributed by atoms with E-state index in [1.165, 1.54) is 5.56 Å². The lowest BCUT2D eigenvalue weighted by Gasteiger charge is -2.12. The number of aryl methyl sites for hydroxylation is 1. The lowest BCUT2D eigenvalue weighted by Crippen LogP contribution is -2.33. The molecule has 0 fully saturated rings. The first-order valence-electron chi connectivity index (χ1n) is 6.44. The number of carbonyl (C=O) groups is 1. The van der Waals surface area contributed by atoms with E-state index in [9.17, 15) is 4.79 Å². The lowest BCUT2D eigenvalue weighted by atomic mass is 9.97. The Kier molecular flexibility index (Phi) is 5.92. The van der Waals surface area contributed by atoms with Gasteiger partial charge in [0.2, 0.25) is 0 Å². The second-order valence-corrected chi connectivity index (χ2v) is 4.89. The lowest BCUT2D eigenvalue weighted by molar-refractivity contribution is -0.123. The van der Waals surface area contributed by atoms with E-state index < -0.39 is 0 Å². The van der Waals surface area contributed by atoms with Crippen LogP contribution in [0.25, 0.3) is 0 Å². The van der Waals surface area contributed by atoms with Crippen LogP contribution in [0.15, 0.2) is 30.3 Å². The Bertz CT molecular complexity index is 332. The third kappa shape index (κ3) is 5.14. The average Bonchev–Trinajstić information content (AvgIpc) is 2.34. The SMILES string of the molecule is CC(C)C(=O)C(N)CCCCc1ccccc1. The first-order chi connectivity index (χ1) is 8.11. The van der Waals surface area contributed by atoms with Crippen molar-refractivity contribution in [2.45, 2.75) is 45.6 Å². The topological polar surface area (TPSA) is 43.1 Å². The Morgan fingerprint density at radius 2 is 1.82 bits per heavy atom. The van der Waals surface area contributed by atoms with E-state index in [1.807, 2.05) is 19.9 Å². The summed E-state index contributed by atoms with van der Waals surface area (Å²) in [5, 5.41) is 0. The number of nitrogens with two attached hydrogens (primary N) is 1. The molecule has 0 saturated heterocycles. The van der Waals surface area contributed by atoms with Crippen LogP contribution in [0.3, 0.4) is 0 Å². The van der Waals surface area contributed by atoms with Gasteiger partial charge in [-0.2, -0.15) is 0 Å². The van der Waals surface area contributed by atoms with Gasteiger partial charge in [-0.1, -0.05) is 50.6 Å².